The van der Waals surface area contributed by atoms with Crippen LogP contribution >= 0.6 is 11.6 Å². The standard InChI is InChI=1S/C14H20ClN/c1-11(16-10-14(2)7-8-14)9-12-3-5-13(15)6-4-12/h3-6,11,16H,7-10H2,1-2H3. The summed E-state index contributed by atoms with van der Waals surface area (Å²) < 4.78 is 0. The SMILES string of the molecule is CC(Cc1ccc(Cl)cc1)NCC1(C)CC1. The van der Waals surface area contributed by atoms with Crippen molar-refractivity contribution in [3.63, 3.8) is 0 Å². The molecule has 1 atom stereocenters. The summed E-state index contributed by atoms with van der Waals surface area (Å²) in [4.78, 5) is 0. The van der Waals surface area contributed by atoms with Crippen LogP contribution in [0.3, 0.4) is 0 Å². The number of halogens is 1. The van der Waals surface area contributed by atoms with Crippen LogP contribution in [0, 0.1) is 5.41 Å². The molecule has 0 bridgehead atoms. The normalized spacial score (nSPS) is 19.4. The molecule has 2 heteroatoms. The Bertz CT molecular complexity index is 340. The summed E-state index contributed by atoms with van der Waals surface area (Å²) in [6.45, 7) is 5.76. The second kappa shape index (κ2) is 4.77. The minimum Gasteiger partial charge on any atom is -0.313 e. The van der Waals surface area contributed by atoms with E-state index < -0.39 is 0 Å². The van der Waals surface area contributed by atoms with E-state index in [1.54, 1.807) is 0 Å². The van der Waals surface area contributed by atoms with Crippen molar-refractivity contribution in [2.24, 2.45) is 5.41 Å². The van der Waals surface area contributed by atoms with Crippen LogP contribution in [-0.4, -0.2) is 12.6 Å². The highest BCUT2D eigenvalue weighted by Gasteiger charge is 2.36. The average molecular weight is 238 g/mol. The predicted octanol–water partition coefficient (Wildman–Crippen LogP) is 3.66. The molecule has 1 nitrogen and oxygen atoms in total. The summed E-state index contributed by atoms with van der Waals surface area (Å²) in [5.74, 6) is 0. The van der Waals surface area contributed by atoms with Gasteiger partial charge in [-0.25, -0.2) is 0 Å². The number of benzene rings is 1. The fourth-order valence-electron chi connectivity index (χ4n) is 1.86. The third-order valence-electron chi connectivity index (χ3n) is 3.44. The summed E-state index contributed by atoms with van der Waals surface area (Å²) in [5.41, 5.74) is 1.94. The molecule has 1 aliphatic carbocycles. The number of hydrogen-bond acceptors (Lipinski definition) is 1. The lowest BCUT2D eigenvalue weighted by Crippen LogP contribution is -2.32. The zero-order valence-corrected chi connectivity index (χ0v) is 10.8. The largest absolute Gasteiger partial charge is 0.313 e. The van der Waals surface area contributed by atoms with Crippen LogP contribution in [0.15, 0.2) is 24.3 Å². The van der Waals surface area contributed by atoms with E-state index in [1.807, 2.05) is 12.1 Å². The minimum absolute atomic E-state index is 0.540. The van der Waals surface area contributed by atoms with Crippen LogP contribution in [0.4, 0.5) is 0 Å². The molecular formula is C14H20ClN. The van der Waals surface area contributed by atoms with E-state index in [-0.39, 0.29) is 0 Å². The first-order valence-corrected chi connectivity index (χ1v) is 6.43. The van der Waals surface area contributed by atoms with E-state index in [4.69, 9.17) is 11.6 Å². The predicted molar refractivity (Wildman–Crippen MR) is 70.0 cm³/mol. The van der Waals surface area contributed by atoms with Gasteiger partial charge in [-0.15, -0.1) is 0 Å². The lowest BCUT2D eigenvalue weighted by Gasteiger charge is -2.17. The Morgan fingerprint density at radius 3 is 2.50 bits per heavy atom. The van der Waals surface area contributed by atoms with Crippen LogP contribution in [-0.2, 0) is 6.42 Å². The van der Waals surface area contributed by atoms with Crippen molar-refractivity contribution in [3.05, 3.63) is 34.9 Å². The molecule has 1 aromatic rings. The first-order valence-electron chi connectivity index (χ1n) is 6.05. The molecule has 0 amide bonds. The Balaban J connectivity index is 1.77. The quantitative estimate of drug-likeness (QED) is 0.824. The maximum atomic E-state index is 5.86. The molecule has 1 aliphatic rings. The molecule has 1 aromatic carbocycles. The molecule has 1 saturated carbocycles. The Morgan fingerprint density at radius 1 is 1.31 bits per heavy atom. The summed E-state index contributed by atoms with van der Waals surface area (Å²) in [6, 6.07) is 8.69. The molecule has 1 fully saturated rings. The van der Waals surface area contributed by atoms with E-state index >= 15 is 0 Å². The van der Waals surface area contributed by atoms with E-state index in [0.717, 1.165) is 18.0 Å². The van der Waals surface area contributed by atoms with Crippen LogP contribution in [0.2, 0.25) is 5.02 Å². The van der Waals surface area contributed by atoms with Crippen molar-refractivity contribution in [2.45, 2.75) is 39.2 Å². The highest BCUT2D eigenvalue weighted by atomic mass is 35.5. The van der Waals surface area contributed by atoms with Gasteiger partial charge in [0.2, 0.25) is 0 Å². The average Bonchev–Trinajstić information content (AvgIpc) is 2.98. The van der Waals surface area contributed by atoms with Gasteiger partial charge in [0.1, 0.15) is 0 Å². The van der Waals surface area contributed by atoms with Crippen LogP contribution in [0.25, 0.3) is 0 Å². The van der Waals surface area contributed by atoms with Gasteiger partial charge in [-0.1, -0.05) is 30.7 Å². The first-order chi connectivity index (χ1) is 7.57. The van der Waals surface area contributed by atoms with Crippen molar-refractivity contribution < 1.29 is 0 Å². The second-order valence-electron chi connectivity index (χ2n) is 5.42. The molecule has 0 radical (unpaired) electrons. The summed E-state index contributed by atoms with van der Waals surface area (Å²) in [6.07, 6.45) is 3.84. The minimum atomic E-state index is 0.540. The van der Waals surface area contributed by atoms with Crippen molar-refractivity contribution in [3.8, 4) is 0 Å². The molecule has 0 aliphatic heterocycles. The summed E-state index contributed by atoms with van der Waals surface area (Å²) in [7, 11) is 0. The molecule has 0 aromatic heterocycles. The molecule has 0 spiro atoms. The van der Waals surface area contributed by atoms with Gasteiger partial charge >= 0.3 is 0 Å². The Labute approximate surface area is 103 Å². The summed E-state index contributed by atoms with van der Waals surface area (Å²) >= 11 is 5.86. The third kappa shape index (κ3) is 3.50. The number of hydrogen-bond donors (Lipinski definition) is 1. The fourth-order valence-corrected chi connectivity index (χ4v) is 1.98. The lowest BCUT2D eigenvalue weighted by molar-refractivity contribution is 0.447. The molecule has 88 valence electrons. The maximum absolute atomic E-state index is 5.86. The monoisotopic (exact) mass is 237 g/mol. The van der Waals surface area contributed by atoms with Crippen molar-refractivity contribution >= 4 is 11.6 Å². The molecule has 1 N–H and O–H groups in total. The van der Waals surface area contributed by atoms with Crippen LogP contribution in [0.1, 0.15) is 32.3 Å². The third-order valence-corrected chi connectivity index (χ3v) is 3.69. The van der Waals surface area contributed by atoms with Crippen LogP contribution < -0.4 is 5.32 Å². The molecule has 1 unspecified atom stereocenters. The smallest absolute Gasteiger partial charge is 0.0406 e. The Hall–Kier alpha value is -0.530. The van der Waals surface area contributed by atoms with E-state index in [1.165, 1.54) is 18.4 Å². The van der Waals surface area contributed by atoms with Crippen LogP contribution in [0.5, 0.6) is 0 Å². The second-order valence-corrected chi connectivity index (χ2v) is 5.86. The Morgan fingerprint density at radius 2 is 1.94 bits per heavy atom. The van der Waals surface area contributed by atoms with Gasteiger partial charge in [0.25, 0.3) is 0 Å². The van der Waals surface area contributed by atoms with Gasteiger partial charge in [0, 0.05) is 17.6 Å². The first kappa shape index (κ1) is 11.9. The Kier molecular flexibility index (Phi) is 3.56. The molecule has 0 heterocycles. The molecule has 16 heavy (non-hydrogen) atoms. The van der Waals surface area contributed by atoms with Gasteiger partial charge in [0.05, 0.1) is 0 Å². The van der Waals surface area contributed by atoms with E-state index in [0.29, 0.717) is 11.5 Å². The fraction of sp³-hybridized carbons (Fsp3) is 0.571. The van der Waals surface area contributed by atoms with E-state index in [9.17, 15) is 0 Å². The van der Waals surface area contributed by atoms with Gasteiger partial charge in [-0.05, 0) is 49.3 Å². The molecular weight excluding hydrogens is 218 g/mol. The zero-order chi connectivity index (χ0) is 11.6. The van der Waals surface area contributed by atoms with E-state index in [2.05, 4.69) is 31.3 Å². The molecule has 2 rings (SSSR count). The van der Waals surface area contributed by atoms with Gasteiger partial charge in [-0.3, -0.25) is 0 Å². The molecule has 0 saturated heterocycles. The van der Waals surface area contributed by atoms with Gasteiger partial charge in [0.15, 0.2) is 0 Å². The number of rotatable bonds is 5. The van der Waals surface area contributed by atoms with Gasteiger partial charge in [-0.2, -0.15) is 0 Å². The van der Waals surface area contributed by atoms with Crippen molar-refractivity contribution in [2.75, 3.05) is 6.54 Å². The van der Waals surface area contributed by atoms with Crippen molar-refractivity contribution in [1.82, 2.24) is 5.32 Å². The lowest BCUT2D eigenvalue weighted by atomic mass is 10.1. The number of nitrogens with one attached hydrogen (secondary N) is 1. The topological polar surface area (TPSA) is 12.0 Å². The zero-order valence-electron chi connectivity index (χ0n) is 10.1. The maximum Gasteiger partial charge on any atom is 0.0406 e. The highest BCUT2D eigenvalue weighted by molar-refractivity contribution is 6.30. The highest BCUT2D eigenvalue weighted by Crippen LogP contribution is 2.44. The van der Waals surface area contributed by atoms with Gasteiger partial charge < -0.3 is 5.32 Å². The van der Waals surface area contributed by atoms with Crippen molar-refractivity contribution in [1.29, 1.82) is 0 Å². The summed E-state index contributed by atoms with van der Waals surface area (Å²) in [5, 5.41) is 4.43.